The average Bonchev–Trinajstić information content (AvgIpc) is 3.36. The minimum absolute atomic E-state index is 0.0433. The molecule has 2 aromatic heterocycles. The van der Waals surface area contributed by atoms with Crippen molar-refractivity contribution in [2.75, 3.05) is 13.7 Å². The number of benzene rings is 1. The molecule has 0 fully saturated rings. The van der Waals surface area contributed by atoms with Gasteiger partial charge in [-0.25, -0.2) is 21.6 Å². The van der Waals surface area contributed by atoms with E-state index in [4.69, 9.17) is 4.74 Å². The molecule has 1 unspecified atom stereocenters. The Balaban J connectivity index is 1.87. The molecule has 2 heterocycles. The quantitative estimate of drug-likeness (QED) is 0.577. The predicted molar refractivity (Wildman–Crippen MR) is 107 cm³/mol. The molecule has 0 saturated heterocycles. The Morgan fingerprint density at radius 3 is 2.19 bits per heavy atom. The SMILES string of the molecule is COc1ccc(S(=O)(=O)NCC(c2cccs2)S(=O)(=O)c2cccs2)cc1. The van der Waals surface area contributed by atoms with E-state index in [9.17, 15) is 16.8 Å². The zero-order valence-corrected chi connectivity index (χ0v) is 17.5. The minimum atomic E-state index is -3.86. The molecule has 10 heteroatoms. The Hall–Kier alpha value is -1.72. The van der Waals surface area contributed by atoms with Crippen molar-refractivity contribution in [2.45, 2.75) is 14.4 Å². The van der Waals surface area contributed by atoms with Gasteiger partial charge in [-0.2, -0.15) is 0 Å². The van der Waals surface area contributed by atoms with E-state index in [2.05, 4.69) is 4.72 Å². The number of nitrogens with one attached hydrogen (secondary N) is 1. The summed E-state index contributed by atoms with van der Waals surface area (Å²) in [5.74, 6) is 0.533. The van der Waals surface area contributed by atoms with Crippen molar-refractivity contribution in [3.63, 3.8) is 0 Å². The van der Waals surface area contributed by atoms with Crippen molar-refractivity contribution in [2.24, 2.45) is 0 Å². The molecule has 144 valence electrons. The molecule has 0 aliphatic heterocycles. The predicted octanol–water partition coefficient (Wildman–Crippen LogP) is 3.31. The van der Waals surface area contributed by atoms with Gasteiger partial charge in [-0.05, 0) is 47.2 Å². The first-order chi connectivity index (χ1) is 12.8. The van der Waals surface area contributed by atoms with E-state index in [1.54, 1.807) is 29.0 Å². The molecule has 0 saturated carbocycles. The second-order valence-corrected chi connectivity index (χ2v) is 11.6. The molecular formula is C17H17NO5S4. The van der Waals surface area contributed by atoms with Crippen LogP contribution in [0, 0.1) is 0 Å². The normalized spacial score (nSPS) is 13.4. The summed E-state index contributed by atoms with van der Waals surface area (Å²) in [5, 5.41) is 2.45. The molecule has 0 amide bonds. The third kappa shape index (κ3) is 4.41. The maximum absolute atomic E-state index is 13.0. The number of sulfone groups is 1. The lowest BCUT2D eigenvalue weighted by Gasteiger charge is -2.16. The maximum Gasteiger partial charge on any atom is 0.240 e. The highest BCUT2D eigenvalue weighted by molar-refractivity contribution is 7.94. The van der Waals surface area contributed by atoms with Gasteiger partial charge < -0.3 is 4.74 Å². The van der Waals surface area contributed by atoms with Crippen molar-refractivity contribution in [1.82, 2.24) is 4.72 Å². The summed E-state index contributed by atoms with van der Waals surface area (Å²) < 4.78 is 58.8. The van der Waals surface area contributed by atoms with E-state index in [1.165, 1.54) is 48.8 Å². The largest absolute Gasteiger partial charge is 0.497 e. The lowest BCUT2D eigenvalue weighted by molar-refractivity contribution is 0.414. The number of rotatable bonds is 8. The third-order valence-corrected chi connectivity index (χ3v) is 9.93. The molecule has 0 aliphatic rings. The van der Waals surface area contributed by atoms with Crippen molar-refractivity contribution in [3.8, 4) is 5.75 Å². The third-order valence-electron chi connectivity index (χ3n) is 3.84. The summed E-state index contributed by atoms with van der Waals surface area (Å²) in [6.45, 7) is -0.255. The van der Waals surface area contributed by atoms with E-state index < -0.39 is 25.1 Å². The van der Waals surface area contributed by atoms with Crippen molar-refractivity contribution < 1.29 is 21.6 Å². The second kappa shape index (κ2) is 8.11. The van der Waals surface area contributed by atoms with Crippen molar-refractivity contribution in [3.05, 3.63) is 64.2 Å². The Labute approximate surface area is 166 Å². The first-order valence-electron chi connectivity index (χ1n) is 7.79. The molecule has 6 nitrogen and oxygen atoms in total. The first-order valence-corrected chi connectivity index (χ1v) is 12.6. The lowest BCUT2D eigenvalue weighted by Crippen LogP contribution is -2.31. The van der Waals surface area contributed by atoms with Gasteiger partial charge in [-0.15, -0.1) is 22.7 Å². The number of thiophene rings is 2. The van der Waals surface area contributed by atoms with Crippen LogP contribution in [0.5, 0.6) is 5.75 Å². The Morgan fingerprint density at radius 1 is 0.963 bits per heavy atom. The molecule has 1 N–H and O–H groups in total. The number of ether oxygens (including phenoxy) is 1. The van der Waals surface area contributed by atoms with Gasteiger partial charge in [0.05, 0.1) is 12.0 Å². The highest BCUT2D eigenvalue weighted by atomic mass is 32.2. The van der Waals surface area contributed by atoms with Gasteiger partial charge >= 0.3 is 0 Å². The smallest absolute Gasteiger partial charge is 0.240 e. The Morgan fingerprint density at radius 2 is 1.63 bits per heavy atom. The summed E-state index contributed by atoms with van der Waals surface area (Å²) in [5.41, 5.74) is 0. The van der Waals surface area contributed by atoms with Gasteiger partial charge in [0.15, 0.2) is 9.84 Å². The van der Waals surface area contributed by atoms with Crippen molar-refractivity contribution >= 4 is 42.5 Å². The van der Waals surface area contributed by atoms with Crippen LogP contribution in [0.2, 0.25) is 0 Å². The summed E-state index contributed by atoms with van der Waals surface area (Å²) in [4.78, 5) is 0.627. The van der Waals surface area contributed by atoms with E-state index in [1.807, 2.05) is 0 Å². The van der Waals surface area contributed by atoms with Gasteiger partial charge in [0.25, 0.3) is 0 Å². The van der Waals surface area contributed by atoms with Crippen LogP contribution in [0.25, 0.3) is 0 Å². The Bertz CT molecular complexity index is 1070. The van der Waals surface area contributed by atoms with E-state index >= 15 is 0 Å². The molecule has 0 spiro atoms. The van der Waals surface area contributed by atoms with Gasteiger partial charge in [0.2, 0.25) is 10.0 Å². The topological polar surface area (TPSA) is 89.5 Å². The molecule has 3 aromatic rings. The number of hydrogen-bond donors (Lipinski definition) is 1. The highest BCUT2D eigenvalue weighted by Crippen LogP contribution is 2.33. The fourth-order valence-corrected chi connectivity index (χ4v) is 7.57. The van der Waals surface area contributed by atoms with Crippen LogP contribution in [0.4, 0.5) is 0 Å². The zero-order chi connectivity index (χ0) is 19.5. The monoisotopic (exact) mass is 443 g/mol. The van der Waals surface area contributed by atoms with Gasteiger partial charge in [-0.1, -0.05) is 12.1 Å². The van der Waals surface area contributed by atoms with Gasteiger partial charge in [0, 0.05) is 11.4 Å². The van der Waals surface area contributed by atoms with Crippen LogP contribution in [0.1, 0.15) is 10.1 Å². The summed E-state index contributed by atoms with van der Waals surface area (Å²) in [6.07, 6.45) is 0. The number of methoxy groups -OCH3 is 1. The number of sulfonamides is 1. The van der Waals surface area contributed by atoms with Crippen LogP contribution in [-0.2, 0) is 19.9 Å². The molecule has 0 bridgehead atoms. The molecule has 1 aromatic carbocycles. The minimum Gasteiger partial charge on any atom is -0.497 e. The Kier molecular flexibility index (Phi) is 6.02. The fourth-order valence-electron chi connectivity index (χ4n) is 2.43. The van der Waals surface area contributed by atoms with Crippen LogP contribution in [0.3, 0.4) is 0 Å². The van der Waals surface area contributed by atoms with E-state index in [0.717, 1.165) is 11.3 Å². The molecule has 0 aliphatic carbocycles. The van der Waals surface area contributed by atoms with E-state index in [0.29, 0.717) is 10.6 Å². The molecular weight excluding hydrogens is 426 g/mol. The van der Waals surface area contributed by atoms with E-state index in [-0.39, 0.29) is 15.6 Å². The van der Waals surface area contributed by atoms with Crippen LogP contribution in [-0.4, -0.2) is 30.5 Å². The van der Waals surface area contributed by atoms with Crippen LogP contribution >= 0.6 is 22.7 Å². The average molecular weight is 444 g/mol. The fraction of sp³-hybridized carbons (Fsp3) is 0.176. The molecule has 1 atom stereocenters. The molecule has 3 rings (SSSR count). The van der Waals surface area contributed by atoms with Crippen LogP contribution < -0.4 is 9.46 Å². The number of hydrogen-bond acceptors (Lipinski definition) is 7. The summed E-state index contributed by atoms with van der Waals surface area (Å²) in [7, 11) is -6.09. The summed E-state index contributed by atoms with van der Waals surface area (Å²) >= 11 is 2.40. The molecule has 0 radical (unpaired) electrons. The standard InChI is InChI=1S/C17H17NO5S4/c1-23-13-6-8-14(9-7-13)27(21,22)18-12-16(15-4-2-10-24-15)26(19,20)17-5-3-11-25-17/h2-11,16,18H,12H2,1H3. The van der Waals surface area contributed by atoms with Gasteiger partial charge in [-0.3, -0.25) is 0 Å². The van der Waals surface area contributed by atoms with Gasteiger partial charge in [0.1, 0.15) is 15.2 Å². The van der Waals surface area contributed by atoms with Crippen LogP contribution in [0.15, 0.2) is 68.4 Å². The summed E-state index contributed by atoms with van der Waals surface area (Å²) in [6, 6.07) is 12.5. The molecule has 27 heavy (non-hydrogen) atoms. The maximum atomic E-state index is 13.0. The highest BCUT2D eigenvalue weighted by Gasteiger charge is 2.32. The second-order valence-electron chi connectivity index (χ2n) is 5.51. The first kappa shape index (κ1) is 20.0. The lowest BCUT2D eigenvalue weighted by atomic mass is 10.3. The van der Waals surface area contributed by atoms with Crippen molar-refractivity contribution in [1.29, 1.82) is 0 Å². The zero-order valence-electron chi connectivity index (χ0n) is 14.2.